The van der Waals surface area contributed by atoms with Crippen LogP contribution in [0, 0.1) is 23.6 Å². The quantitative estimate of drug-likeness (QED) is 0.853. The fourth-order valence-corrected chi connectivity index (χ4v) is 1.78. The highest BCUT2D eigenvalue weighted by atomic mass is 19.1. The summed E-state index contributed by atoms with van der Waals surface area (Å²) in [6, 6.07) is 5.96. The molecule has 4 heteroatoms. The van der Waals surface area contributed by atoms with Gasteiger partial charge in [-0.05, 0) is 24.1 Å². The Balaban J connectivity index is 2.41. The molecule has 0 radical (unpaired) electrons. The number of benzene rings is 1. The van der Waals surface area contributed by atoms with Gasteiger partial charge in [0.25, 0.3) is 0 Å². The third kappa shape index (κ3) is 3.01. The van der Waals surface area contributed by atoms with E-state index >= 15 is 0 Å². The molecule has 1 aromatic carbocycles. The fourth-order valence-electron chi connectivity index (χ4n) is 1.78. The molecule has 102 valence electrons. The molecule has 1 N–H and O–H groups in total. The van der Waals surface area contributed by atoms with Gasteiger partial charge in [-0.25, -0.2) is 14.4 Å². The Hall–Kier alpha value is -2.25. The molecule has 0 aliphatic carbocycles. The molecular formula is C16H15FN2O. The molecule has 0 aliphatic rings. The largest absolute Gasteiger partial charge is 0.373 e. The number of aliphatic hydroxyl groups is 1. The first-order valence-corrected chi connectivity index (χ1v) is 6.29. The lowest BCUT2D eigenvalue weighted by Crippen LogP contribution is -2.30. The third-order valence-electron chi connectivity index (χ3n) is 3.06. The molecule has 0 amide bonds. The van der Waals surface area contributed by atoms with Crippen molar-refractivity contribution in [3.8, 4) is 11.8 Å². The summed E-state index contributed by atoms with van der Waals surface area (Å²) in [4.78, 5) is 7.81. The van der Waals surface area contributed by atoms with Gasteiger partial charge in [-0.1, -0.05) is 31.8 Å². The van der Waals surface area contributed by atoms with Gasteiger partial charge in [-0.2, -0.15) is 0 Å². The second kappa shape index (κ2) is 5.81. The van der Waals surface area contributed by atoms with Crippen LogP contribution in [0.25, 0.3) is 0 Å². The third-order valence-corrected chi connectivity index (χ3v) is 3.06. The van der Waals surface area contributed by atoms with E-state index < -0.39 is 5.60 Å². The minimum atomic E-state index is -1.37. The van der Waals surface area contributed by atoms with Crippen molar-refractivity contribution in [1.29, 1.82) is 0 Å². The summed E-state index contributed by atoms with van der Waals surface area (Å²) in [5.41, 5.74) is -0.326. The number of hydrogen-bond donors (Lipinski definition) is 1. The zero-order valence-corrected chi connectivity index (χ0v) is 11.3. The molecular weight excluding hydrogens is 255 g/mol. The van der Waals surface area contributed by atoms with E-state index in [1.165, 1.54) is 30.9 Å². The molecule has 0 fully saturated rings. The van der Waals surface area contributed by atoms with Crippen molar-refractivity contribution in [2.24, 2.45) is 5.92 Å². The monoisotopic (exact) mass is 270 g/mol. The highest BCUT2D eigenvalue weighted by Gasteiger charge is 2.31. The SMILES string of the molecule is CC(C)C(O)(C#Cc1cccc(F)c1)c1cncnc1. The molecule has 0 saturated heterocycles. The Morgan fingerprint density at radius 3 is 2.55 bits per heavy atom. The maximum absolute atomic E-state index is 13.1. The molecule has 0 spiro atoms. The lowest BCUT2D eigenvalue weighted by molar-refractivity contribution is 0.0496. The van der Waals surface area contributed by atoms with Gasteiger partial charge in [0.1, 0.15) is 12.1 Å². The number of aromatic nitrogens is 2. The first kappa shape index (κ1) is 14.2. The molecule has 2 aromatic rings. The van der Waals surface area contributed by atoms with Crippen molar-refractivity contribution >= 4 is 0 Å². The number of nitrogens with zero attached hydrogens (tertiary/aromatic N) is 2. The predicted molar refractivity (Wildman–Crippen MR) is 74.0 cm³/mol. The molecule has 0 aliphatic heterocycles. The summed E-state index contributed by atoms with van der Waals surface area (Å²) in [6.45, 7) is 3.71. The molecule has 0 bridgehead atoms. The van der Waals surface area contributed by atoms with E-state index in [1.807, 2.05) is 13.8 Å². The van der Waals surface area contributed by atoms with Gasteiger partial charge in [0.15, 0.2) is 5.60 Å². The standard InChI is InChI=1S/C16H15FN2O/c1-12(2)16(20,14-9-18-11-19-10-14)7-6-13-4-3-5-15(17)8-13/h3-5,8-12,20H,1-2H3. The van der Waals surface area contributed by atoms with Gasteiger partial charge in [0.05, 0.1) is 0 Å². The van der Waals surface area contributed by atoms with E-state index in [0.29, 0.717) is 11.1 Å². The van der Waals surface area contributed by atoms with E-state index in [1.54, 1.807) is 12.1 Å². The summed E-state index contributed by atoms with van der Waals surface area (Å²) in [6.07, 6.45) is 4.46. The van der Waals surface area contributed by atoms with Crippen LogP contribution in [0.2, 0.25) is 0 Å². The summed E-state index contributed by atoms with van der Waals surface area (Å²) < 4.78 is 13.1. The number of hydrogen-bond acceptors (Lipinski definition) is 3. The number of rotatable bonds is 2. The maximum atomic E-state index is 13.1. The molecule has 1 heterocycles. The topological polar surface area (TPSA) is 46.0 Å². The van der Waals surface area contributed by atoms with Crippen LogP contribution in [0.5, 0.6) is 0 Å². The van der Waals surface area contributed by atoms with Crippen molar-refractivity contribution in [2.45, 2.75) is 19.4 Å². The molecule has 0 saturated carbocycles. The van der Waals surface area contributed by atoms with E-state index in [2.05, 4.69) is 21.8 Å². The van der Waals surface area contributed by atoms with E-state index in [-0.39, 0.29) is 11.7 Å². The molecule has 1 aromatic heterocycles. The molecule has 1 unspecified atom stereocenters. The van der Waals surface area contributed by atoms with Crippen molar-refractivity contribution in [3.63, 3.8) is 0 Å². The minimum Gasteiger partial charge on any atom is -0.373 e. The Bertz CT molecular complexity index is 646. The maximum Gasteiger partial charge on any atom is 0.156 e. The van der Waals surface area contributed by atoms with Gasteiger partial charge < -0.3 is 5.11 Å². The lowest BCUT2D eigenvalue weighted by atomic mass is 9.85. The molecule has 1 atom stereocenters. The Morgan fingerprint density at radius 2 is 1.95 bits per heavy atom. The Kier molecular flexibility index (Phi) is 4.11. The zero-order chi connectivity index (χ0) is 14.6. The average molecular weight is 270 g/mol. The second-order valence-corrected chi connectivity index (χ2v) is 4.81. The van der Waals surface area contributed by atoms with Crippen LogP contribution in [-0.4, -0.2) is 15.1 Å². The summed E-state index contributed by atoms with van der Waals surface area (Å²) in [7, 11) is 0. The Labute approximate surface area is 117 Å². The molecule has 20 heavy (non-hydrogen) atoms. The average Bonchev–Trinajstić information content (AvgIpc) is 2.45. The van der Waals surface area contributed by atoms with Gasteiger partial charge in [0.2, 0.25) is 0 Å². The van der Waals surface area contributed by atoms with Crippen LogP contribution < -0.4 is 0 Å². The van der Waals surface area contributed by atoms with Gasteiger partial charge >= 0.3 is 0 Å². The normalized spacial score (nSPS) is 13.4. The van der Waals surface area contributed by atoms with Crippen LogP contribution in [0.1, 0.15) is 25.0 Å². The van der Waals surface area contributed by atoms with Crippen molar-refractivity contribution in [2.75, 3.05) is 0 Å². The van der Waals surface area contributed by atoms with Gasteiger partial charge in [0, 0.05) is 23.5 Å². The lowest BCUT2D eigenvalue weighted by Gasteiger charge is -2.26. The smallest absolute Gasteiger partial charge is 0.156 e. The van der Waals surface area contributed by atoms with Crippen molar-refractivity contribution < 1.29 is 9.50 Å². The predicted octanol–water partition coefficient (Wildman–Crippen LogP) is 2.51. The van der Waals surface area contributed by atoms with Crippen LogP contribution in [0.4, 0.5) is 4.39 Å². The van der Waals surface area contributed by atoms with E-state index in [9.17, 15) is 9.50 Å². The van der Waals surface area contributed by atoms with E-state index in [4.69, 9.17) is 0 Å². The van der Waals surface area contributed by atoms with Crippen LogP contribution >= 0.6 is 0 Å². The summed E-state index contributed by atoms with van der Waals surface area (Å²) >= 11 is 0. The van der Waals surface area contributed by atoms with E-state index in [0.717, 1.165) is 0 Å². The number of halogens is 1. The van der Waals surface area contributed by atoms with Crippen LogP contribution in [-0.2, 0) is 5.60 Å². The van der Waals surface area contributed by atoms with Crippen molar-refractivity contribution in [1.82, 2.24) is 9.97 Å². The summed E-state index contributed by atoms with van der Waals surface area (Å²) in [5.74, 6) is 5.11. The van der Waals surface area contributed by atoms with Gasteiger partial charge in [-0.15, -0.1) is 0 Å². The van der Waals surface area contributed by atoms with Gasteiger partial charge in [-0.3, -0.25) is 0 Å². The fraction of sp³-hybridized carbons (Fsp3) is 0.250. The first-order chi connectivity index (χ1) is 9.52. The zero-order valence-electron chi connectivity index (χ0n) is 11.3. The molecule has 3 nitrogen and oxygen atoms in total. The highest BCUT2D eigenvalue weighted by molar-refractivity contribution is 5.39. The minimum absolute atomic E-state index is 0.158. The van der Waals surface area contributed by atoms with Crippen molar-refractivity contribution in [3.05, 3.63) is 59.9 Å². The Morgan fingerprint density at radius 1 is 1.25 bits per heavy atom. The highest BCUT2D eigenvalue weighted by Crippen LogP contribution is 2.27. The van der Waals surface area contributed by atoms with Crippen LogP contribution in [0.3, 0.4) is 0 Å². The summed E-state index contributed by atoms with van der Waals surface area (Å²) in [5, 5.41) is 10.7. The first-order valence-electron chi connectivity index (χ1n) is 6.29. The molecule has 2 rings (SSSR count). The van der Waals surface area contributed by atoms with Crippen LogP contribution in [0.15, 0.2) is 43.0 Å². The second-order valence-electron chi connectivity index (χ2n) is 4.81.